The van der Waals surface area contributed by atoms with Crippen molar-refractivity contribution in [2.75, 3.05) is 13.7 Å². The molecule has 1 heterocycles. The molecule has 0 aromatic carbocycles. The summed E-state index contributed by atoms with van der Waals surface area (Å²) in [7, 11) is 1.29. The summed E-state index contributed by atoms with van der Waals surface area (Å²) in [6, 6.07) is 0. The Bertz CT molecular complexity index is 482. The molecule has 106 valence electrons. The van der Waals surface area contributed by atoms with Crippen LogP contribution in [0.25, 0.3) is 0 Å². The summed E-state index contributed by atoms with van der Waals surface area (Å²) in [6.45, 7) is 6.09. The molecule has 1 aromatic heterocycles. The number of nitrogens with one attached hydrogen (secondary N) is 1. The number of aliphatic carboxylic acids is 1. The maximum Gasteiger partial charge on any atom is 0.334 e. The van der Waals surface area contributed by atoms with Crippen LogP contribution in [-0.4, -0.2) is 46.5 Å². The Balaban J connectivity index is 2.79. The quantitative estimate of drug-likeness (QED) is 0.777. The summed E-state index contributed by atoms with van der Waals surface area (Å²) in [5.41, 5.74) is 1.88. The Morgan fingerprint density at radius 1 is 1.47 bits per heavy atom. The number of methoxy groups -OCH3 is 1. The number of carbonyl (C=O) groups is 2. The van der Waals surface area contributed by atoms with Crippen molar-refractivity contribution in [3.05, 3.63) is 17.0 Å². The van der Waals surface area contributed by atoms with E-state index in [-0.39, 0.29) is 12.5 Å². The molecule has 0 saturated heterocycles. The molecule has 1 unspecified atom stereocenters. The van der Waals surface area contributed by atoms with Gasteiger partial charge in [-0.1, -0.05) is 0 Å². The fourth-order valence-corrected chi connectivity index (χ4v) is 1.88. The summed E-state index contributed by atoms with van der Waals surface area (Å²) >= 11 is 0. The van der Waals surface area contributed by atoms with E-state index in [1.807, 2.05) is 13.8 Å². The van der Waals surface area contributed by atoms with Gasteiger partial charge in [0.2, 0.25) is 0 Å². The molecule has 0 aliphatic carbocycles. The number of hydrogen-bond donors (Lipinski definition) is 2. The third-order valence-electron chi connectivity index (χ3n) is 2.92. The number of carboxylic acid groups (broad SMARTS) is 1. The van der Waals surface area contributed by atoms with E-state index in [2.05, 4.69) is 10.4 Å². The zero-order chi connectivity index (χ0) is 14.6. The predicted molar refractivity (Wildman–Crippen MR) is 68.1 cm³/mol. The molecule has 0 bridgehead atoms. The van der Waals surface area contributed by atoms with Crippen molar-refractivity contribution >= 4 is 11.9 Å². The minimum atomic E-state index is -1.11. The first-order chi connectivity index (χ1) is 8.92. The summed E-state index contributed by atoms with van der Waals surface area (Å²) in [5.74, 6) is -1.45. The van der Waals surface area contributed by atoms with Gasteiger partial charge in [-0.15, -0.1) is 0 Å². The standard InChI is InChI=1S/C12H19N3O4/c1-5-15-8(3)10(7(2)14-15)11(16)13-6-9(19-4)12(17)18/h9H,5-6H2,1-4H3,(H,13,16)(H,17,18). The first-order valence-corrected chi connectivity index (χ1v) is 6.00. The molecule has 0 saturated carbocycles. The van der Waals surface area contributed by atoms with Gasteiger partial charge in [0.25, 0.3) is 5.91 Å². The second-order valence-corrected chi connectivity index (χ2v) is 4.13. The molecular formula is C12H19N3O4. The van der Waals surface area contributed by atoms with Gasteiger partial charge >= 0.3 is 5.97 Å². The number of ether oxygens (including phenoxy) is 1. The lowest BCUT2D eigenvalue weighted by Gasteiger charge is -2.11. The van der Waals surface area contributed by atoms with Gasteiger partial charge in [0.05, 0.1) is 17.8 Å². The summed E-state index contributed by atoms with van der Waals surface area (Å²) in [4.78, 5) is 22.8. The molecule has 0 fully saturated rings. The van der Waals surface area contributed by atoms with Gasteiger partial charge in [-0.25, -0.2) is 4.79 Å². The number of rotatable bonds is 6. The van der Waals surface area contributed by atoms with Gasteiger partial charge in [-0.2, -0.15) is 5.10 Å². The third kappa shape index (κ3) is 3.31. The van der Waals surface area contributed by atoms with Crippen LogP contribution in [-0.2, 0) is 16.1 Å². The molecule has 7 nitrogen and oxygen atoms in total. The van der Waals surface area contributed by atoms with Crippen molar-refractivity contribution in [2.45, 2.75) is 33.4 Å². The highest BCUT2D eigenvalue weighted by Gasteiger charge is 2.21. The Morgan fingerprint density at radius 3 is 2.53 bits per heavy atom. The molecule has 7 heteroatoms. The maximum atomic E-state index is 12.0. The number of aromatic nitrogens is 2. The normalized spacial score (nSPS) is 12.2. The van der Waals surface area contributed by atoms with E-state index in [9.17, 15) is 9.59 Å². The zero-order valence-corrected chi connectivity index (χ0v) is 11.6. The van der Waals surface area contributed by atoms with Crippen molar-refractivity contribution in [3.8, 4) is 0 Å². The molecule has 1 aromatic rings. The molecule has 1 rings (SSSR count). The van der Waals surface area contributed by atoms with Crippen LogP contribution >= 0.6 is 0 Å². The molecule has 0 radical (unpaired) electrons. The van der Waals surface area contributed by atoms with E-state index < -0.39 is 12.1 Å². The topological polar surface area (TPSA) is 93.5 Å². The fourth-order valence-electron chi connectivity index (χ4n) is 1.88. The van der Waals surface area contributed by atoms with Crippen LogP contribution in [0.1, 0.15) is 28.7 Å². The van der Waals surface area contributed by atoms with Crippen molar-refractivity contribution in [2.24, 2.45) is 0 Å². The minimum Gasteiger partial charge on any atom is -0.479 e. The highest BCUT2D eigenvalue weighted by atomic mass is 16.5. The van der Waals surface area contributed by atoms with Crippen LogP contribution in [0.2, 0.25) is 0 Å². The zero-order valence-electron chi connectivity index (χ0n) is 11.6. The molecule has 1 atom stereocenters. The van der Waals surface area contributed by atoms with Gasteiger partial charge in [0, 0.05) is 19.3 Å². The summed E-state index contributed by atoms with van der Waals surface area (Å²) in [6.07, 6.45) is -1.05. The number of carbonyl (C=O) groups excluding carboxylic acids is 1. The Hall–Kier alpha value is -1.89. The molecule has 1 amide bonds. The van der Waals surface area contributed by atoms with Crippen LogP contribution in [0.15, 0.2) is 0 Å². The smallest absolute Gasteiger partial charge is 0.334 e. The lowest BCUT2D eigenvalue weighted by Crippen LogP contribution is -2.38. The van der Waals surface area contributed by atoms with E-state index in [4.69, 9.17) is 9.84 Å². The van der Waals surface area contributed by atoms with E-state index in [0.717, 1.165) is 5.69 Å². The Morgan fingerprint density at radius 2 is 2.11 bits per heavy atom. The summed E-state index contributed by atoms with van der Waals surface area (Å²) in [5, 5.41) is 15.6. The highest BCUT2D eigenvalue weighted by molar-refractivity contribution is 5.96. The fraction of sp³-hybridized carbons (Fsp3) is 0.583. The molecule has 0 aliphatic rings. The highest BCUT2D eigenvalue weighted by Crippen LogP contribution is 2.12. The van der Waals surface area contributed by atoms with Crippen molar-refractivity contribution in [1.29, 1.82) is 0 Å². The lowest BCUT2D eigenvalue weighted by atomic mass is 10.2. The predicted octanol–water partition coefficient (Wildman–Crippen LogP) is 0.349. The van der Waals surface area contributed by atoms with Crippen LogP contribution in [0.5, 0.6) is 0 Å². The largest absolute Gasteiger partial charge is 0.479 e. The van der Waals surface area contributed by atoms with Crippen LogP contribution in [0, 0.1) is 13.8 Å². The van der Waals surface area contributed by atoms with E-state index in [1.54, 1.807) is 11.6 Å². The van der Waals surface area contributed by atoms with Crippen LogP contribution in [0.3, 0.4) is 0 Å². The number of amides is 1. The van der Waals surface area contributed by atoms with E-state index in [1.165, 1.54) is 7.11 Å². The number of nitrogens with zero attached hydrogens (tertiary/aromatic N) is 2. The van der Waals surface area contributed by atoms with Gasteiger partial charge in [-0.3, -0.25) is 9.48 Å². The third-order valence-corrected chi connectivity index (χ3v) is 2.92. The van der Waals surface area contributed by atoms with E-state index in [0.29, 0.717) is 17.8 Å². The van der Waals surface area contributed by atoms with Gasteiger partial charge in [0.1, 0.15) is 0 Å². The second kappa shape index (κ2) is 6.33. The molecule has 0 spiro atoms. The van der Waals surface area contributed by atoms with Crippen molar-refractivity contribution in [3.63, 3.8) is 0 Å². The van der Waals surface area contributed by atoms with Crippen molar-refractivity contribution in [1.82, 2.24) is 15.1 Å². The van der Waals surface area contributed by atoms with Crippen LogP contribution < -0.4 is 5.32 Å². The Kier molecular flexibility index (Phi) is 5.05. The average molecular weight is 269 g/mol. The first kappa shape index (κ1) is 15.2. The molecule has 2 N–H and O–H groups in total. The second-order valence-electron chi connectivity index (χ2n) is 4.13. The van der Waals surface area contributed by atoms with Gasteiger partial charge < -0.3 is 15.2 Å². The summed E-state index contributed by atoms with van der Waals surface area (Å²) < 4.78 is 6.48. The Labute approximate surface area is 111 Å². The average Bonchev–Trinajstić information content (AvgIpc) is 2.64. The monoisotopic (exact) mass is 269 g/mol. The maximum absolute atomic E-state index is 12.0. The first-order valence-electron chi connectivity index (χ1n) is 6.00. The van der Waals surface area contributed by atoms with E-state index >= 15 is 0 Å². The van der Waals surface area contributed by atoms with Crippen LogP contribution in [0.4, 0.5) is 0 Å². The number of hydrogen-bond acceptors (Lipinski definition) is 4. The SMILES string of the molecule is CCn1nc(C)c(C(=O)NCC(OC)C(=O)O)c1C. The van der Waals surface area contributed by atoms with Gasteiger partial charge in [0.15, 0.2) is 6.10 Å². The number of aryl methyl sites for hydroxylation is 2. The molecular weight excluding hydrogens is 250 g/mol. The lowest BCUT2D eigenvalue weighted by molar-refractivity contribution is -0.148. The van der Waals surface area contributed by atoms with Crippen molar-refractivity contribution < 1.29 is 19.4 Å². The minimum absolute atomic E-state index is 0.0825. The number of carboxylic acids is 1. The van der Waals surface area contributed by atoms with Gasteiger partial charge in [-0.05, 0) is 20.8 Å². The molecule has 0 aliphatic heterocycles. The molecule has 19 heavy (non-hydrogen) atoms.